The molecule has 0 radical (unpaired) electrons. The fourth-order valence-corrected chi connectivity index (χ4v) is 2.81. The molecule has 1 rings (SSSR count). The van der Waals surface area contributed by atoms with Crippen LogP contribution in [0.5, 0.6) is 0 Å². The zero-order valence-electron chi connectivity index (χ0n) is 12.2. The van der Waals surface area contributed by atoms with Gasteiger partial charge in [0.15, 0.2) is 0 Å². The van der Waals surface area contributed by atoms with Crippen molar-refractivity contribution in [3.63, 3.8) is 0 Å². The average Bonchev–Trinajstić information content (AvgIpc) is 2.35. The molecule has 4 N–H and O–H groups in total. The third kappa shape index (κ3) is 5.15. The summed E-state index contributed by atoms with van der Waals surface area (Å²) in [7, 11) is -4.48. The minimum atomic E-state index is -4.85. The molecule has 0 saturated carbocycles. The van der Waals surface area contributed by atoms with E-state index in [0.29, 0.717) is 12.5 Å². The molecule has 9 heteroatoms. The van der Waals surface area contributed by atoms with Gasteiger partial charge in [-0.3, -0.25) is 0 Å². The number of nitrogens with two attached hydrogens (primary N) is 1. The highest BCUT2D eigenvalue weighted by atomic mass is 32.2. The summed E-state index contributed by atoms with van der Waals surface area (Å²) in [6.45, 7) is 3.57. The molecule has 1 unspecified atom stereocenters. The average molecular weight is 340 g/mol. The minimum Gasteiger partial charge on any atom is -0.394 e. The second-order valence-corrected chi connectivity index (χ2v) is 6.94. The fourth-order valence-electron chi connectivity index (χ4n) is 2.07. The summed E-state index contributed by atoms with van der Waals surface area (Å²) in [5.41, 5.74) is -1.26. The highest BCUT2D eigenvalue weighted by Gasteiger charge is 2.36. The van der Waals surface area contributed by atoms with E-state index in [9.17, 15) is 26.7 Å². The molecule has 1 atom stereocenters. The van der Waals surface area contributed by atoms with Crippen molar-refractivity contribution < 1.29 is 26.7 Å². The van der Waals surface area contributed by atoms with E-state index in [1.807, 2.05) is 13.8 Å². The Morgan fingerprint density at radius 1 is 1.32 bits per heavy atom. The van der Waals surface area contributed by atoms with Crippen molar-refractivity contribution in [2.45, 2.75) is 37.4 Å². The summed E-state index contributed by atoms with van der Waals surface area (Å²) in [4.78, 5) is -0.977. The number of aliphatic hydroxyl groups is 1. The van der Waals surface area contributed by atoms with Crippen molar-refractivity contribution in [1.29, 1.82) is 0 Å². The molecule has 0 aliphatic heterocycles. The quantitative estimate of drug-likeness (QED) is 0.740. The monoisotopic (exact) mass is 340 g/mol. The van der Waals surface area contributed by atoms with Crippen molar-refractivity contribution in [2.75, 3.05) is 11.9 Å². The van der Waals surface area contributed by atoms with Crippen LogP contribution in [0.4, 0.5) is 18.9 Å². The van der Waals surface area contributed by atoms with Gasteiger partial charge in [0.25, 0.3) is 0 Å². The standard InChI is InChI=1S/C13H19F3N2O3S/c1-8(2)5-10(7-19)18-9-3-4-12(22(17,20)21)11(6-9)13(14,15)16/h3-4,6,8,10,18-19H,5,7H2,1-2H3,(H2,17,20,21). The Morgan fingerprint density at radius 3 is 2.32 bits per heavy atom. The number of aliphatic hydroxyl groups excluding tert-OH is 1. The Morgan fingerprint density at radius 2 is 1.91 bits per heavy atom. The zero-order valence-corrected chi connectivity index (χ0v) is 13.0. The van der Waals surface area contributed by atoms with Gasteiger partial charge in [-0.2, -0.15) is 13.2 Å². The second-order valence-electron chi connectivity index (χ2n) is 5.41. The first-order valence-corrected chi connectivity index (χ1v) is 8.11. The number of primary sulfonamides is 1. The molecule has 0 saturated heterocycles. The summed E-state index contributed by atoms with van der Waals surface area (Å²) in [5, 5.41) is 16.8. The molecule has 0 aromatic heterocycles. The number of nitrogens with one attached hydrogen (secondary N) is 1. The first-order chi connectivity index (χ1) is 9.95. The van der Waals surface area contributed by atoms with Gasteiger partial charge in [-0.1, -0.05) is 13.8 Å². The number of halogens is 3. The van der Waals surface area contributed by atoms with Gasteiger partial charge in [0.05, 0.1) is 17.1 Å². The number of alkyl halides is 3. The van der Waals surface area contributed by atoms with Crippen LogP contribution >= 0.6 is 0 Å². The van der Waals surface area contributed by atoms with Crippen molar-refractivity contribution >= 4 is 15.7 Å². The van der Waals surface area contributed by atoms with Crippen LogP contribution in [-0.2, 0) is 16.2 Å². The first kappa shape index (κ1) is 18.7. The van der Waals surface area contributed by atoms with Crippen LogP contribution in [0.15, 0.2) is 23.1 Å². The van der Waals surface area contributed by atoms with Gasteiger partial charge >= 0.3 is 6.18 Å². The first-order valence-electron chi connectivity index (χ1n) is 6.56. The van der Waals surface area contributed by atoms with E-state index in [0.717, 1.165) is 6.07 Å². The van der Waals surface area contributed by atoms with Crippen molar-refractivity contribution in [3.05, 3.63) is 23.8 Å². The smallest absolute Gasteiger partial charge is 0.394 e. The SMILES string of the molecule is CC(C)CC(CO)Nc1ccc(S(N)(=O)=O)c(C(F)(F)F)c1. The van der Waals surface area contributed by atoms with Gasteiger partial charge in [-0.15, -0.1) is 0 Å². The predicted molar refractivity (Wildman–Crippen MR) is 76.8 cm³/mol. The number of hydrogen-bond acceptors (Lipinski definition) is 4. The molecule has 0 aliphatic rings. The Balaban J connectivity index is 3.20. The maximum Gasteiger partial charge on any atom is 0.417 e. The minimum absolute atomic E-state index is 0.0689. The van der Waals surface area contributed by atoms with E-state index in [4.69, 9.17) is 5.14 Å². The predicted octanol–water partition coefficient (Wildman–Crippen LogP) is 2.17. The molecule has 1 aromatic carbocycles. The normalized spacial score (nSPS) is 14.2. The summed E-state index contributed by atoms with van der Waals surface area (Å²) < 4.78 is 61.5. The molecule has 1 aromatic rings. The summed E-state index contributed by atoms with van der Waals surface area (Å²) >= 11 is 0. The molecule has 0 aliphatic carbocycles. The van der Waals surface area contributed by atoms with E-state index < -0.39 is 32.7 Å². The summed E-state index contributed by atoms with van der Waals surface area (Å²) in [6, 6.07) is 2.26. The van der Waals surface area contributed by atoms with Crippen LogP contribution in [-0.4, -0.2) is 26.2 Å². The fraction of sp³-hybridized carbons (Fsp3) is 0.538. The third-order valence-electron chi connectivity index (χ3n) is 2.94. The van der Waals surface area contributed by atoms with Crippen LogP contribution in [0.25, 0.3) is 0 Å². The van der Waals surface area contributed by atoms with Crippen molar-refractivity contribution in [3.8, 4) is 0 Å². The number of anilines is 1. The number of hydrogen-bond donors (Lipinski definition) is 3. The number of sulfonamides is 1. The molecule has 0 bridgehead atoms. The number of benzene rings is 1. The highest BCUT2D eigenvalue weighted by molar-refractivity contribution is 7.89. The third-order valence-corrected chi connectivity index (χ3v) is 3.91. The van der Waals surface area contributed by atoms with E-state index in [-0.39, 0.29) is 18.2 Å². The molecule has 0 spiro atoms. The topological polar surface area (TPSA) is 92.4 Å². The lowest BCUT2D eigenvalue weighted by Crippen LogP contribution is -2.26. The van der Waals surface area contributed by atoms with Crippen molar-refractivity contribution in [1.82, 2.24) is 0 Å². The lowest BCUT2D eigenvalue weighted by molar-refractivity contribution is -0.139. The van der Waals surface area contributed by atoms with Crippen LogP contribution < -0.4 is 10.5 Å². The molecule has 126 valence electrons. The second kappa shape index (κ2) is 6.84. The molecule has 22 heavy (non-hydrogen) atoms. The molecular formula is C13H19F3N2O3S. The van der Waals surface area contributed by atoms with E-state index >= 15 is 0 Å². The van der Waals surface area contributed by atoms with Gasteiger partial charge in [0, 0.05) is 11.7 Å². The Hall–Kier alpha value is -1.32. The molecule has 0 fully saturated rings. The molecule has 5 nitrogen and oxygen atoms in total. The lowest BCUT2D eigenvalue weighted by atomic mass is 10.0. The maximum atomic E-state index is 13.0. The lowest BCUT2D eigenvalue weighted by Gasteiger charge is -2.21. The van der Waals surface area contributed by atoms with Gasteiger partial charge in [-0.25, -0.2) is 13.6 Å². The highest BCUT2D eigenvalue weighted by Crippen LogP contribution is 2.35. The van der Waals surface area contributed by atoms with Crippen LogP contribution in [0.2, 0.25) is 0 Å². The van der Waals surface area contributed by atoms with Crippen LogP contribution in [0, 0.1) is 5.92 Å². The van der Waals surface area contributed by atoms with Gasteiger partial charge in [0.2, 0.25) is 10.0 Å². The zero-order chi connectivity index (χ0) is 17.1. The van der Waals surface area contributed by atoms with Crippen LogP contribution in [0.3, 0.4) is 0 Å². The Bertz CT molecular complexity index is 615. The largest absolute Gasteiger partial charge is 0.417 e. The molecular weight excluding hydrogens is 321 g/mol. The van der Waals surface area contributed by atoms with Crippen molar-refractivity contribution in [2.24, 2.45) is 11.1 Å². The maximum absolute atomic E-state index is 13.0. The van der Waals surface area contributed by atoms with E-state index in [1.54, 1.807) is 0 Å². The van der Waals surface area contributed by atoms with Gasteiger partial charge < -0.3 is 10.4 Å². The van der Waals surface area contributed by atoms with E-state index in [1.165, 1.54) is 6.07 Å². The Kier molecular flexibility index (Phi) is 5.82. The summed E-state index contributed by atoms with van der Waals surface area (Å²) in [5.74, 6) is 0.232. The Labute approximate surface area is 127 Å². The summed E-state index contributed by atoms with van der Waals surface area (Å²) in [6.07, 6.45) is -4.30. The molecule has 0 amide bonds. The van der Waals surface area contributed by atoms with Crippen LogP contribution in [0.1, 0.15) is 25.8 Å². The van der Waals surface area contributed by atoms with Gasteiger partial charge in [0.1, 0.15) is 0 Å². The molecule has 0 heterocycles. The van der Waals surface area contributed by atoms with E-state index in [2.05, 4.69) is 5.32 Å². The van der Waals surface area contributed by atoms with Gasteiger partial charge in [-0.05, 0) is 30.5 Å². The number of rotatable bonds is 6.